The number of fused-ring (bicyclic) bond motifs is 1. The smallest absolute Gasteiger partial charge is 0.119 e. The number of nitrogens with zero attached hydrogens (tertiary/aromatic N) is 1. The highest BCUT2D eigenvalue weighted by atomic mass is 16.5. The largest absolute Gasteiger partial charge is 0.497 e. The first-order valence-corrected chi connectivity index (χ1v) is 9.27. The Kier molecular flexibility index (Phi) is 4.57. The van der Waals surface area contributed by atoms with E-state index in [4.69, 9.17) is 4.74 Å². The van der Waals surface area contributed by atoms with Crippen LogP contribution in [0.3, 0.4) is 0 Å². The highest BCUT2D eigenvalue weighted by Crippen LogP contribution is 2.48. The van der Waals surface area contributed by atoms with Gasteiger partial charge in [0.15, 0.2) is 0 Å². The molecule has 2 aliphatic rings. The maximum absolute atomic E-state index is 5.49. The Hall–Kier alpha value is -1.80. The van der Waals surface area contributed by atoms with Crippen LogP contribution in [-0.4, -0.2) is 18.6 Å². The van der Waals surface area contributed by atoms with Crippen LogP contribution >= 0.6 is 0 Å². The minimum absolute atomic E-state index is 0.529. The second kappa shape index (κ2) is 6.98. The molecule has 2 fully saturated rings. The molecule has 2 nitrogen and oxygen atoms in total. The third-order valence-corrected chi connectivity index (χ3v) is 5.97. The highest BCUT2D eigenvalue weighted by Gasteiger charge is 2.41. The summed E-state index contributed by atoms with van der Waals surface area (Å²) in [6, 6.07) is 20.2. The lowest BCUT2D eigenvalue weighted by Crippen LogP contribution is -2.41. The number of rotatable bonds is 4. The van der Waals surface area contributed by atoms with Gasteiger partial charge in [0.1, 0.15) is 5.75 Å². The van der Waals surface area contributed by atoms with Crippen LogP contribution in [0.15, 0.2) is 54.6 Å². The van der Waals surface area contributed by atoms with Crippen molar-refractivity contribution in [2.75, 3.05) is 13.7 Å². The van der Waals surface area contributed by atoms with Crippen molar-refractivity contribution in [3.63, 3.8) is 0 Å². The Balaban J connectivity index is 1.65. The van der Waals surface area contributed by atoms with Crippen LogP contribution in [0.25, 0.3) is 0 Å². The number of piperidine rings is 1. The summed E-state index contributed by atoms with van der Waals surface area (Å²) in [7, 11) is 1.76. The average molecular weight is 321 g/mol. The van der Waals surface area contributed by atoms with E-state index in [1.165, 1.54) is 43.4 Å². The van der Waals surface area contributed by atoms with Crippen molar-refractivity contribution in [1.29, 1.82) is 0 Å². The molecule has 126 valence electrons. The van der Waals surface area contributed by atoms with E-state index >= 15 is 0 Å². The zero-order valence-corrected chi connectivity index (χ0v) is 14.5. The molecule has 0 bridgehead atoms. The molecule has 0 amide bonds. The first-order chi connectivity index (χ1) is 11.8. The van der Waals surface area contributed by atoms with E-state index < -0.39 is 0 Å². The van der Waals surface area contributed by atoms with Gasteiger partial charge in [0.2, 0.25) is 0 Å². The molecule has 0 N–H and O–H groups in total. The standard InChI is InChI=1S/C22H27NO/c1-24-20-11-5-10-19(15-20)22-21-12-6-9-18(21)13-14-23(22)16-17-7-3-2-4-8-17/h2-5,7-8,10-11,15,18,21-22H,6,9,12-14,16H2,1H3. The van der Waals surface area contributed by atoms with Crippen LogP contribution in [0, 0.1) is 11.8 Å². The molecular weight excluding hydrogens is 294 g/mol. The molecule has 0 spiro atoms. The number of likely N-dealkylation sites (tertiary alicyclic amines) is 1. The number of hydrogen-bond acceptors (Lipinski definition) is 2. The number of hydrogen-bond donors (Lipinski definition) is 0. The second-order valence-corrected chi connectivity index (χ2v) is 7.32. The molecule has 4 rings (SSSR count). The number of ether oxygens (including phenoxy) is 1. The van der Waals surface area contributed by atoms with Crippen LogP contribution in [-0.2, 0) is 6.54 Å². The Bertz CT molecular complexity index is 669. The highest BCUT2D eigenvalue weighted by molar-refractivity contribution is 5.32. The summed E-state index contributed by atoms with van der Waals surface area (Å²) in [5.74, 6) is 2.69. The molecule has 1 heterocycles. The Morgan fingerprint density at radius 1 is 1.00 bits per heavy atom. The van der Waals surface area contributed by atoms with Gasteiger partial charge < -0.3 is 4.74 Å². The van der Waals surface area contributed by atoms with Crippen molar-refractivity contribution < 1.29 is 4.74 Å². The SMILES string of the molecule is COc1cccc(C2C3CCCC3CCN2Cc2ccccc2)c1. The van der Waals surface area contributed by atoms with Gasteiger partial charge in [-0.05, 0) is 54.5 Å². The van der Waals surface area contributed by atoms with Crippen LogP contribution in [0.4, 0.5) is 0 Å². The summed E-state index contributed by atoms with van der Waals surface area (Å²) in [6.07, 6.45) is 5.55. The van der Waals surface area contributed by atoms with E-state index in [0.29, 0.717) is 6.04 Å². The summed E-state index contributed by atoms with van der Waals surface area (Å²) >= 11 is 0. The van der Waals surface area contributed by atoms with Gasteiger partial charge in [-0.25, -0.2) is 0 Å². The van der Waals surface area contributed by atoms with Gasteiger partial charge in [0, 0.05) is 12.6 Å². The molecular formula is C22H27NO. The van der Waals surface area contributed by atoms with Gasteiger partial charge in [-0.3, -0.25) is 4.90 Å². The summed E-state index contributed by atoms with van der Waals surface area (Å²) < 4.78 is 5.49. The predicted molar refractivity (Wildman–Crippen MR) is 98.0 cm³/mol. The fraction of sp³-hybridized carbons (Fsp3) is 0.455. The van der Waals surface area contributed by atoms with Gasteiger partial charge in [-0.1, -0.05) is 55.3 Å². The van der Waals surface area contributed by atoms with E-state index in [-0.39, 0.29) is 0 Å². The molecule has 1 saturated heterocycles. The molecule has 3 unspecified atom stereocenters. The van der Waals surface area contributed by atoms with Crippen LogP contribution in [0.1, 0.15) is 42.9 Å². The van der Waals surface area contributed by atoms with Crippen molar-refractivity contribution in [2.24, 2.45) is 11.8 Å². The van der Waals surface area contributed by atoms with Gasteiger partial charge >= 0.3 is 0 Å². The molecule has 1 saturated carbocycles. The van der Waals surface area contributed by atoms with Crippen molar-refractivity contribution in [3.05, 3.63) is 65.7 Å². The first-order valence-electron chi connectivity index (χ1n) is 9.27. The Morgan fingerprint density at radius 2 is 1.88 bits per heavy atom. The van der Waals surface area contributed by atoms with E-state index in [2.05, 4.69) is 59.5 Å². The predicted octanol–water partition coefficient (Wildman–Crippen LogP) is 5.06. The molecule has 3 atom stereocenters. The zero-order chi connectivity index (χ0) is 16.4. The monoisotopic (exact) mass is 321 g/mol. The topological polar surface area (TPSA) is 12.5 Å². The van der Waals surface area contributed by atoms with Crippen molar-refractivity contribution in [3.8, 4) is 5.75 Å². The average Bonchev–Trinajstić information content (AvgIpc) is 3.11. The zero-order valence-electron chi connectivity index (χ0n) is 14.5. The van der Waals surface area contributed by atoms with E-state index in [1.54, 1.807) is 7.11 Å². The van der Waals surface area contributed by atoms with Gasteiger partial charge in [-0.2, -0.15) is 0 Å². The maximum atomic E-state index is 5.49. The molecule has 2 aromatic rings. The summed E-state index contributed by atoms with van der Waals surface area (Å²) in [5.41, 5.74) is 2.85. The quantitative estimate of drug-likeness (QED) is 0.780. The Labute approximate surface area is 145 Å². The van der Waals surface area contributed by atoms with Crippen LogP contribution in [0.2, 0.25) is 0 Å². The van der Waals surface area contributed by atoms with Crippen molar-refractivity contribution in [2.45, 2.75) is 38.3 Å². The molecule has 24 heavy (non-hydrogen) atoms. The minimum atomic E-state index is 0.529. The number of methoxy groups -OCH3 is 1. The number of benzene rings is 2. The fourth-order valence-electron chi connectivity index (χ4n) is 4.86. The lowest BCUT2D eigenvalue weighted by molar-refractivity contribution is 0.0563. The first kappa shape index (κ1) is 15.7. The van der Waals surface area contributed by atoms with E-state index in [0.717, 1.165) is 24.1 Å². The van der Waals surface area contributed by atoms with Gasteiger partial charge in [0.05, 0.1) is 7.11 Å². The maximum Gasteiger partial charge on any atom is 0.119 e. The molecule has 1 aliphatic heterocycles. The Morgan fingerprint density at radius 3 is 2.71 bits per heavy atom. The van der Waals surface area contributed by atoms with E-state index in [9.17, 15) is 0 Å². The molecule has 0 aromatic heterocycles. The third-order valence-electron chi connectivity index (χ3n) is 5.97. The van der Waals surface area contributed by atoms with Crippen LogP contribution in [0.5, 0.6) is 5.75 Å². The molecule has 0 radical (unpaired) electrons. The van der Waals surface area contributed by atoms with Crippen molar-refractivity contribution in [1.82, 2.24) is 4.90 Å². The minimum Gasteiger partial charge on any atom is -0.497 e. The van der Waals surface area contributed by atoms with Gasteiger partial charge in [0.25, 0.3) is 0 Å². The fourth-order valence-corrected chi connectivity index (χ4v) is 4.86. The molecule has 2 heteroatoms. The lowest BCUT2D eigenvalue weighted by Gasteiger charge is -2.43. The van der Waals surface area contributed by atoms with Crippen LogP contribution < -0.4 is 4.74 Å². The summed E-state index contributed by atoms with van der Waals surface area (Å²) in [6.45, 7) is 2.25. The van der Waals surface area contributed by atoms with Crippen molar-refractivity contribution >= 4 is 0 Å². The van der Waals surface area contributed by atoms with E-state index in [1.807, 2.05) is 0 Å². The normalized spacial score (nSPS) is 27.0. The van der Waals surface area contributed by atoms with Gasteiger partial charge in [-0.15, -0.1) is 0 Å². The third kappa shape index (κ3) is 3.08. The summed E-state index contributed by atoms with van der Waals surface area (Å²) in [5, 5.41) is 0. The molecule has 1 aliphatic carbocycles. The molecule has 2 aromatic carbocycles. The second-order valence-electron chi connectivity index (χ2n) is 7.32. The summed E-state index contributed by atoms with van der Waals surface area (Å²) in [4.78, 5) is 2.70. The lowest BCUT2D eigenvalue weighted by atomic mass is 9.78.